The fourth-order valence-corrected chi connectivity index (χ4v) is 2.48. The number of aryl methyl sites for hydroxylation is 1. The number of hydrogen-bond donors (Lipinski definition) is 0. The van der Waals surface area contributed by atoms with Crippen LogP contribution in [0, 0.1) is 6.92 Å². The van der Waals surface area contributed by atoms with Gasteiger partial charge in [0.25, 0.3) is 0 Å². The van der Waals surface area contributed by atoms with Crippen molar-refractivity contribution < 1.29 is 14.3 Å². The van der Waals surface area contributed by atoms with E-state index in [1.807, 2.05) is 6.07 Å². The van der Waals surface area contributed by atoms with Gasteiger partial charge in [0.2, 0.25) is 0 Å². The number of esters is 1. The van der Waals surface area contributed by atoms with Crippen LogP contribution in [0.5, 0.6) is 11.5 Å². The van der Waals surface area contributed by atoms with Gasteiger partial charge in [-0.15, -0.1) is 0 Å². The molecule has 24 heavy (non-hydrogen) atoms. The van der Waals surface area contributed by atoms with Crippen molar-refractivity contribution in [3.8, 4) is 11.5 Å². The number of methoxy groups -OCH3 is 1. The first-order chi connectivity index (χ1) is 11.5. The van der Waals surface area contributed by atoms with Crippen LogP contribution in [0.25, 0.3) is 5.57 Å². The summed E-state index contributed by atoms with van der Waals surface area (Å²) in [6, 6.07) is 13.0. The van der Waals surface area contributed by atoms with E-state index in [4.69, 9.17) is 9.47 Å². The molecule has 0 saturated carbocycles. The lowest BCUT2D eigenvalue weighted by atomic mass is 9.96. The minimum Gasteiger partial charge on any atom is -0.465 e. The molecule has 0 spiro atoms. The SMILES string of the molecule is CC/C(C)=C(/C)c1cc(Oc2ccc(C(=O)OC)cc2)ccc1C. The van der Waals surface area contributed by atoms with E-state index in [1.165, 1.54) is 29.4 Å². The van der Waals surface area contributed by atoms with Crippen LogP contribution in [0.4, 0.5) is 0 Å². The zero-order chi connectivity index (χ0) is 17.7. The summed E-state index contributed by atoms with van der Waals surface area (Å²) in [5.41, 5.74) is 5.61. The van der Waals surface area contributed by atoms with E-state index in [1.54, 1.807) is 24.3 Å². The minimum absolute atomic E-state index is 0.352. The second-order valence-corrected chi connectivity index (χ2v) is 5.85. The smallest absolute Gasteiger partial charge is 0.337 e. The predicted octanol–water partition coefficient (Wildman–Crippen LogP) is 5.78. The Labute approximate surface area is 143 Å². The van der Waals surface area contributed by atoms with Crippen molar-refractivity contribution >= 4 is 11.5 Å². The standard InChI is InChI=1S/C21H24O3/c1-6-14(2)16(4)20-13-19(10-7-15(20)3)24-18-11-8-17(9-12-18)21(22)23-5/h7-13H,6H2,1-5H3/b16-14-. The van der Waals surface area contributed by atoms with Gasteiger partial charge < -0.3 is 9.47 Å². The van der Waals surface area contributed by atoms with Gasteiger partial charge in [0.15, 0.2) is 0 Å². The Bertz CT molecular complexity index is 755. The van der Waals surface area contributed by atoms with Crippen LogP contribution in [0.3, 0.4) is 0 Å². The zero-order valence-electron chi connectivity index (χ0n) is 15.0. The molecule has 0 atom stereocenters. The fraction of sp³-hybridized carbons (Fsp3) is 0.286. The van der Waals surface area contributed by atoms with E-state index in [-0.39, 0.29) is 5.97 Å². The molecule has 0 amide bonds. The molecule has 0 fully saturated rings. The highest BCUT2D eigenvalue weighted by molar-refractivity contribution is 5.89. The second-order valence-electron chi connectivity index (χ2n) is 5.85. The molecule has 0 saturated heterocycles. The van der Waals surface area contributed by atoms with Crippen molar-refractivity contribution in [1.82, 2.24) is 0 Å². The lowest BCUT2D eigenvalue weighted by molar-refractivity contribution is 0.0600. The molecule has 0 aliphatic carbocycles. The van der Waals surface area contributed by atoms with Crippen LogP contribution in [0.1, 0.15) is 48.7 Å². The molecule has 0 heterocycles. The minimum atomic E-state index is -0.352. The average molecular weight is 324 g/mol. The summed E-state index contributed by atoms with van der Waals surface area (Å²) < 4.78 is 10.6. The topological polar surface area (TPSA) is 35.5 Å². The number of benzene rings is 2. The first-order valence-corrected chi connectivity index (χ1v) is 8.09. The molecule has 0 unspecified atom stereocenters. The zero-order valence-corrected chi connectivity index (χ0v) is 15.0. The third-order valence-corrected chi connectivity index (χ3v) is 4.29. The van der Waals surface area contributed by atoms with Crippen molar-refractivity contribution in [1.29, 1.82) is 0 Å². The molecule has 0 aliphatic rings. The first kappa shape index (κ1) is 17.8. The van der Waals surface area contributed by atoms with Crippen LogP contribution in [0.15, 0.2) is 48.0 Å². The molecule has 126 valence electrons. The van der Waals surface area contributed by atoms with E-state index >= 15 is 0 Å². The van der Waals surface area contributed by atoms with E-state index in [9.17, 15) is 4.79 Å². The Morgan fingerprint density at radius 3 is 2.21 bits per heavy atom. The number of ether oxygens (including phenoxy) is 2. The van der Waals surface area contributed by atoms with Crippen LogP contribution in [-0.4, -0.2) is 13.1 Å². The van der Waals surface area contributed by atoms with E-state index < -0.39 is 0 Å². The highest BCUT2D eigenvalue weighted by Gasteiger charge is 2.08. The lowest BCUT2D eigenvalue weighted by Gasteiger charge is -2.13. The maximum absolute atomic E-state index is 11.5. The third kappa shape index (κ3) is 4.05. The van der Waals surface area contributed by atoms with Gasteiger partial charge in [0.1, 0.15) is 11.5 Å². The normalized spacial score (nSPS) is 11.7. The summed E-state index contributed by atoms with van der Waals surface area (Å²) in [6.45, 7) is 8.58. The Hall–Kier alpha value is -2.55. The van der Waals surface area contributed by atoms with E-state index in [0.29, 0.717) is 11.3 Å². The van der Waals surface area contributed by atoms with Gasteiger partial charge in [-0.25, -0.2) is 4.79 Å². The summed E-state index contributed by atoms with van der Waals surface area (Å²) >= 11 is 0. The van der Waals surface area contributed by atoms with Crippen molar-refractivity contribution in [2.24, 2.45) is 0 Å². The van der Waals surface area contributed by atoms with Crippen molar-refractivity contribution in [2.75, 3.05) is 7.11 Å². The van der Waals surface area contributed by atoms with Gasteiger partial charge in [0, 0.05) is 0 Å². The molecular weight excluding hydrogens is 300 g/mol. The van der Waals surface area contributed by atoms with Gasteiger partial charge in [-0.1, -0.05) is 18.6 Å². The average Bonchev–Trinajstić information content (AvgIpc) is 2.62. The molecular formula is C21H24O3. The van der Waals surface area contributed by atoms with Crippen LogP contribution in [0.2, 0.25) is 0 Å². The van der Waals surface area contributed by atoms with Gasteiger partial charge in [-0.3, -0.25) is 0 Å². The van der Waals surface area contributed by atoms with Gasteiger partial charge >= 0.3 is 5.97 Å². The summed E-state index contributed by atoms with van der Waals surface area (Å²) in [7, 11) is 1.37. The number of hydrogen-bond acceptors (Lipinski definition) is 3. The molecule has 0 aromatic heterocycles. The molecule has 3 heteroatoms. The molecule has 2 rings (SSSR count). The van der Waals surface area contributed by atoms with Crippen LogP contribution < -0.4 is 4.74 Å². The molecule has 0 aliphatic heterocycles. The van der Waals surface area contributed by atoms with Crippen molar-refractivity contribution in [2.45, 2.75) is 34.1 Å². The van der Waals surface area contributed by atoms with E-state index in [2.05, 4.69) is 39.8 Å². The maximum Gasteiger partial charge on any atom is 0.337 e. The Morgan fingerprint density at radius 2 is 1.62 bits per heavy atom. The summed E-state index contributed by atoms with van der Waals surface area (Å²) in [5.74, 6) is 1.12. The first-order valence-electron chi connectivity index (χ1n) is 8.09. The van der Waals surface area contributed by atoms with Gasteiger partial charge in [-0.05, 0) is 80.3 Å². The maximum atomic E-state index is 11.5. The van der Waals surface area contributed by atoms with Gasteiger partial charge in [-0.2, -0.15) is 0 Å². The number of carbonyl (C=O) groups is 1. The lowest BCUT2D eigenvalue weighted by Crippen LogP contribution is -2.00. The monoisotopic (exact) mass is 324 g/mol. The van der Waals surface area contributed by atoms with Crippen LogP contribution in [-0.2, 0) is 4.74 Å². The Morgan fingerprint density at radius 1 is 1.00 bits per heavy atom. The van der Waals surface area contributed by atoms with Crippen molar-refractivity contribution in [3.05, 3.63) is 64.7 Å². The molecule has 0 radical (unpaired) electrons. The van der Waals surface area contributed by atoms with Gasteiger partial charge in [0.05, 0.1) is 12.7 Å². The summed E-state index contributed by atoms with van der Waals surface area (Å²) in [5, 5.41) is 0. The van der Waals surface area contributed by atoms with Crippen molar-refractivity contribution in [3.63, 3.8) is 0 Å². The number of rotatable bonds is 5. The molecule has 2 aromatic carbocycles. The quantitative estimate of drug-likeness (QED) is 0.654. The Balaban J connectivity index is 2.26. The highest BCUT2D eigenvalue weighted by atomic mass is 16.5. The fourth-order valence-electron chi connectivity index (χ4n) is 2.48. The van der Waals surface area contributed by atoms with E-state index in [0.717, 1.165) is 12.2 Å². The van der Waals surface area contributed by atoms with Crippen LogP contribution >= 0.6 is 0 Å². The molecule has 0 N–H and O–H groups in total. The molecule has 3 nitrogen and oxygen atoms in total. The highest BCUT2D eigenvalue weighted by Crippen LogP contribution is 2.29. The number of allylic oxidation sites excluding steroid dienone is 2. The summed E-state index contributed by atoms with van der Waals surface area (Å²) in [4.78, 5) is 11.5. The largest absolute Gasteiger partial charge is 0.465 e. The third-order valence-electron chi connectivity index (χ3n) is 4.29. The summed E-state index contributed by atoms with van der Waals surface area (Å²) in [6.07, 6.45) is 1.03. The predicted molar refractivity (Wildman–Crippen MR) is 97.6 cm³/mol. The number of carbonyl (C=O) groups excluding carboxylic acids is 1. The second kappa shape index (κ2) is 7.82. The molecule has 2 aromatic rings. The Kier molecular flexibility index (Phi) is 5.80. The molecule has 0 bridgehead atoms.